The first-order valence-electron chi connectivity index (χ1n) is 9.34. The number of nitrogens with zero attached hydrogens (tertiary/aromatic N) is 1. The lowest BCUT2D eigenvalue weighted by Crippen LogP contribution is -2.29. The minimum atomic E-state index is -0.921. The molecule has 4 rings (SSSR count). The van der Waals surface area contributed by atoms with Crippen LogP contribution in [0.15, 0.2) is 70.9 Å². The lowest BCUT2D eigenvalue weighted by molar-refractivity contribution is -0.140. The SMILES string of the molecule is COc1cc([C@@H]2/C(=C(\O)c3ccc(Cl)cc3)C(=O)C(=O)N2Cc2ccco2)ccc1O. The Bertz CT molecular complexity index is 1170. The molecule has 7 nitrogen and oxygen atoms in total. The van der Waals surface area contributed by atoms with Crippen molar-refractivity contribution in [3.8, 4) is 11.5 Å². The van der Waals surface area contributed by atoms with E-state index in [1.807, 2.05) is 0 Å². The molecule has 1 aliphatic rings. The van der Waals surface area contributed by atoms with Crippen molar-refractivity contribution in [1.29, 1.82) is 0 Å². The number of benzene rings is 2. The predicted molar refractivity (Wildman–Crippen MR) is 113 cm³/mol. The van der Waals surface area contributed by atoms with Gasteiger partial charge in [0.05, 0.1) is 31.5 Å². The third kappa shape index (κ3) is 3.75. The van der Waals surface area contributed by atoms with Gasteiger partial charge < -0.3 is 24.3 Å². The van der Waals surface area contributed by atoms with E-state index in [1.54, 1.807) is 42.5 Å². The molecular weight excluding hydrogens is 422 g/mol. The lowest BCUT2D eigenvalue weighted by atomic mass is 9.95. The number of amides is 1. The molecule has 31 heavy (non-hydrogen) atoms. The molecule has 1 saturated heterocycles. The Morgan fingerprint density at radius 3 is 2.55 bits per heavy atom. The fourth-order valence-corrected chi connectivity index (χ4v) is 3.71. The van der Waals surface area contributed by atoms with Crippen LogP contribution in [0.25, 0.3) is 5.76 Å². The van der Waals surface area contributed by atoms with Crippen LogP contribution in [0.4, 0.5) is 0 Å². The number of carbonyl (C=O) groups excluding carboxylic acids is 2. The third-order valence-electron chi connectivity index (χ3n) is 5.08. The smallest absolute Gasteiger partial charge is 0.296 e. The molecular formula is C23H18ClNO6. The number of ether oxygens (including phenoxy) is 1. The molecule has 0 spiro atoms. The van der Waals surface area contributed by atoms with Crippen LogP contribution in [-0.4, -0.2) is 33.9 Å². The number of likely N-dealkylation sites (tertiary alicyclic amines) is 1. The molecule has 0 unspecified atom stereocenters. The molecule has 0 saturated carbocycles. The quantitative estimate of drug-likeness (QED) is 0.350. The van der Waals surface area contributed by atoms with Gasteiger partial charge in [0.2, 0.25) is 0 Å². The summed E-state index contributed by atoms with van der Waals surface area (Å²) in [6.45, 7) is 0.0167. The number of furan rings is 1. The number of halogens is 1. The maximum absolute atomic E-state index is 13.0. The van der Waals surface area contributed by atoms with E-state index in [1.165, 1.54) is 30.4 Å². The van der Waals surface area contributed by atoms with Crippen molar-refractivity contribution in [3.63, 3.8) is 0 Å². The van der Waals surface area contributed by atoms with Crippen LogP contribution >= 0.6 is 11.6 Å². The van der Waals surface area contributed by atoms with Crippen molar-refractivity contribution in [2.45, 2.75) is 12.6 Å². The van der Waals surface area contributed by atoms with Crippen molar-refractivity contribution >= 4 is 29.1 Å². The Morgan fingerprint density at radius 1 is 1.16 bits per heavy atom. The topological polar surface area (TPSA) is 100 Å². The maximum atomic E-state index is 13.0. The molecule has 0 radical (unpaired) electrons. The molecule has 3 aromatic rings. The normalized spacial score (nSPS) is 17.9. The highest BCUT2D eigenvalue weighted by Gasteiger charge is 2.46. The van der Waals surface area contributed by atoms with Gasteiger partial charge >= 0.3 is 0 Å². The second-order valence-corrected chi connectivity index (χ2v) is 7.38. The van der Waals surface area contributed by atoms with Crippen LogP contribution in [0, 0.1) is 0 Å². The molecule has 1 atom stereocenters. The molecule has 2 N–H and O–H groups in total. The zero-order valence-corrected chi connectivity index (χ0v) is 17.2. The number of rotatable bonds is 5. The standard InChI is InChI=1S/C23H18ClNO6/c1-30-18-11-14(6-9-17(18)26)20-19(21(27)13-4-7-15(24)8-5-13)22(28)23(29)25(20)12-16-3-2-10-31-16/h2-11,20,26-27H,12H2,1H3/b21-19+/t20-/m1/s1. The first kappa shape index (κ1) is 20.6. The largest absolute Gasteiger partial charge is 0.507 e. The zero-order valence-electron chi connectivity index (χ0n) is 16.4. The van der Waals surface area contributed by atoms with E-state index in [0.717, 1.165) is 0 Å². The Labute approximate surface area is 182 Å². The van der Waals surface area contributed by atoms with Crippen molar-refractivity contribution < 1.29 is 29.0 Å². The van der Waals surface area contributed by atoms with Gasteiger partial charge in [-0.2, -0.15) is 0 Å². The molecule has 2 aromatic carbocycles. The number of aromatic hydroxyl groups is 1. The first-order valence-corrected chi connectivity index (χ1v) is 9.72. The van der Waals surface area contributed by atoms with Gasteiger partial charge in [0.25, 0.3) is 11.7 Å². The van der Waals surface area contributed by atoms with E-state index in [-0.39, 0.29) is 29.4 Å². The van der Waals surface area contributed by atoms with Crippen molar-refractivity contribution in [3.05, 3.63) is 88.3 Å². The molecule has 0 bridgehead atoms. The second-order valence-electron chi connectivity index (χ2n) is 6.94. The fraction of sp³-hybridized carbons (Fsp3) is 0.130. The van der Waals surface area contributed by atoms with E-state index in [4.69, 9.17) is 20.8 Å². The highest BCUT2D eigenvalue weighted by molar-refractivity contribution is 6.46. The number of ketones is 1. The van der Waals surface area contributed by atoms with Crippen molar-refractivity contribution in [1.82, 2.24) is 4.90 Å². The monoisotopic (exact) mass is 439 g/mol. The summed E-state index contributed by atoms with van der Waals surface area (Å²) in [4.78, 5) is 27.2. The van der Waals surface area contributed by atoms with E-state index in [2.05, 4.69) is 0 Å². The number of hydrogen-bond donors (Lipinski definition) is 2. The summed E-state index contributed by atoms with van der Waals surface area (Å²) in [5.41, 5.74) is 0.749. The Morgan fingerprint density at radius 2 is 1.90 bits per heavy atom. The first-order chi connectivity index (χ1) is 14.9. The van der Waals surface area contributed by atoms with E-state index < -0.39 is 17.7 Å². The summed E-state index contributed by atoms with van der Waals surface area (Å²) >= 11 is 5.93. The minimum absolute atomic E-state index is 0.0167. The molecule has 1 amide bonds. The van der Waals surface area contributed by atoms with Gasteiger partial charge in [-0.1, -0.05) is 17.7 Å². The number of carbonyl (C=O) groups is 2. The Balaban J connectivity index is 1.89. The summed E-state index contributed by atoms with van der Waals surface area (Å²) < 4.78 is 10.5. The summed E-state index contributed by atoms with van der Waals surface area (Å²) in [5, 5.41) is 21.4. The predicted octanol–water partition coefficient (Wildman–Crippen LogP) is 4.27. The highest BCUT2D eigenvalue weighted by Crippen LogP contribution is 2.42. The van der Waals surface area contributed by atoms with Gasteiger partial charge in [0.1, 0.15) is 11.5 Å². The number of phenols is 1. The Hall–Kier alpha value is -3.71. The number of Topliss-reactive ketones (excluding diaryl/α,β-unsaturated/α-hetero) is 1. The third-order valence-corrected chi connectivity index (χ3v) is 5.34. The molecule has 0 aliphatic carbocycles. The number of aliphatic hydroxyl groups is 1. The van der Waals surface area contributed by atoms with Crippen molar-refractivity contribution in [2.24, 2.45) is 0 Å². The van der Waals surface area contributed by atoms with E-state index in [9.17, 15) is 19.8 Å². The average Bonchev–Trinajstić information content (AvgIpc) is 3.37. The molecule has 2 heterocycles. The summed E-state index contributed by atoms with van der Waals surface area (Å²) in [6, 6.07) is 13.2. The Kier molecular flexibility index (Phi) is 5.44. The maximum Gasteiger partial charge on any atom is 0.296 e. The molecule has 1 aromatic heterocycles. The van der Waals surface area contributed by atoms with Crippen molar-refractivity contribution in [2.75, 3.05) is 7.11 Å². The molecule has 1 fully saturated rings. The van der Waals surface area contributed by atoms with Gasteiger partial charge in [-0.25, -0.2) is 0 Å². The fourth-order valence-electron chi connectivity index (χ4n) is 3.59. The summed E-state index contributed by atoms with van der Waals surface area (Å²) in [6.07, 6.45) is 1.47. The second kappa shape index (κ2) is 8.20. The van der Waals surface area contributed by atoms with Crippen LogP contribution in [0.5, 0.6) is 11.5 Å². The van der Waals surface area contributed by atoms with Crippen LogP contribution in [-0.2, 0) is 16.1 Å². The van der Waals surface area contributed by atoms with Gasteiger partial charge in [0, 0.05) is 10.6 Å². The van der Waals surface area contributed by atoms with Gasteiger partial charge in [-0.3, -0.25) is 9.59 Å². The van der Waals surface area contributed by atoms with Crippen LogP contribution in [0.3, 0.4) is 0 Å². The lowest BCUT2D eigenvalue weighted by Gasteiger charge is -2.25. The molecule has 158 valence electrons. The molecule has 1 aliphatic heterocycles. The van der Waals surface area contributed by atoms with Crippen LogP contribution in [0.2, 0.25) is 5.02 Å². The highest BCUT2D eigenvalue weighted by atomic mass is 35.5. The minimum Gasteiger partial charge on any atom is -0.507 e. The van der Waals surface area contributed by atoms with E-state index in [0.29, 0.717) is 21.9 Å². The molecule has 8 heteroatoms. The van der Waals surface area contributed by atoms with E-state index >= 15 is 0 Å². The van der Waals surface area contributed by atoms with Crippen LogP contribution in [0.1, 0.15) is 22.9 Å². The zero-order chi connectivity index (χ0) is 22.1. The number of hydrogen-bond acceptors (Lipinski definition) is 6. The number of methoxy groups -OCH3 is 1. The van der Waals surface area contributed by atoms with Gasteiger partial charge in [0.15, 0.2) is 11.5 Å². The number of aliphatic hydroxyl groups excluding tert-OH is 1. The van der Waals surface area contributed by atoms with Crippen LogP contribution < -0.4 is 4.74 Å². The van der Waals surface area contributed by atoms with Gasteiger partial charge in [-0.15, -0.1) is 0 Å². The van der Waals surface area contributed by atoms with Gasteiger partial charge in [-0.05, 0) is 54.1 Å². The number of phenolic OH excluding ortho intramolecular Hbond substituents is 1. The average molecular weight is 440 g/mol. The summed E-state index contributed by atoms with van der Waals surface area (Å²) in [7, 11) is 1.40. The summed E-state index contributed by atoms with van der Waals surface area (Å²) in [5.74, 6) is -1.36.